The number of pyridine rings is 1. The third-order valence-electron chi connectivity index (χ3n) is 6.96. The molecule has 4 heteroatoms. The molecule has 0 unspecified atom stereocenters. The van der Waals surface area contributed by atoms with E-state index in [0.29, 0.717) is 18.4 Å². The number of aromatic nitrogens is 1. The van der Waals surface area contributed by atoms with Gasteiger partial charge in [0.2, 0.25) is 5.91 Å². The first-order chi connectivity index (χ1) is 16.8. The highest BCUT2D eigenvalue weighted by molar-refractivity contribution is 5.75. The zero-order valence-corrected chi connectivity index (χ0v) is 20.1. The smallest absolute Gasteiger partial charge is 0.219 e. The van der Waals surface area contributed by atoms with Gasteiger partial charge in [-0.15, -0.1) is 0 Å². The Morgan fingerprint density at radius 3 is 2.21 bits per heavy atom. The zero-order chi connectivity index (χ0) is 23.4. The van der Waals surface area contributed by atoms with Crippen LogP contribution in [-0.4, -0.2) is 35.4 Å². The fourth-order valence-electron chi connectivity index (χ4n) is 5.05. The largest absolute Gasteiger partial charge is 0.356 e. The quantitative estimate of drug-likeness (QED) is 0.372. The summed E-state index contributed by atoms with van der Waals surface area (Å²) in [4.78, 5) is 19.0. The molecule has 1 N–H and O–H groups in total. The maximum absolute atomic E-state index is 12.2. The van der Waals surface area contributed by atoms with Gasteiger partial charge in [-0.3, -0.25) is 14.7 Å². The molecule has 4 nitrogen and oxygen atoms in total. The topological polar surface area (TPSA) is 45.2 Å². The van der Waals surface area contributed by atoms with Crippen molar-refractivity contribution in [3.63, 3.8) is 0 Å². The van der Waals surface area contributed by atoms with E-state index in [4.69, 9.17) is 0 Å². The molecule has 0 bridgehead atoms. The second-order valence-electron chi connectivity index (χ2n) is 9.41. The van der Waals surface area contributed by atoms with E-state index in [9.17, 15) is 4.79 Å². The van der Waals surface area contributed by atoms with Crippen LogP contribution in [-0.2, 0) is 11.2 Å². The summed E-state index contributed by atoms with van der Waals surface area (Å²) in [5, 5.41) is 3.15. The van der Waals surface area contributed by atoms with Crippen LogP contribution in [0.3, 0.4) is 0 Å². The number of piperidine rings is 1. The van der Waals surface area contributed by atoms with E-state index in [1.165, 1.54) is 29.5 Å². The molecule has 4 rings (SSSR count). The van der Waals surface area contributed by atoms with E-state index in [0.717, 1.165) is 45.3 Å². The molecule has 1 fully saturated rings. The van der Waals surface area contributed by atoms with Crippen LogP contribution in [0.2, 0.25) is 0 Å². The number of aryl methyl sites for hydroxylation is 1. The fraction of sp³-hybridized carbons (Fsp3) is 0.400. The molecule has 1 saturated heterocycles. The fourth-order valence-corrected chi connectivity index (χ4v) is 5.05. The maximum Gasteiger partial charge on any atom is 0.219 e. The van der Waals surface area contributed by atoms with Gasteiger partial charge in [-0.2, -0.15) is 0 Å². The molecule has 1 aliphatic rings. The Kier molecular flexibility index (Phi) is 9.27. The monoisotopic (exact) mass is 455 g/mol. The van der Waals surface area contributed by atoms with E-state index in [1.807, 2.05) is 12.3 Å². The number of hydrogen-bond donors (Lipinski definition) is 1. The van der Waals surface area contributed by atoms with E-state index in [1.54, 1.807) is 6.20 Å². The average Bonchev–Trinajstić information content (AvgIpc) is 2.90. The molecule has 0 radical (unpaired) electrons. The second kappa shape index (κ2) is 13.0. The summed E-state index contributed by atoms with van der Waals surface area (Å²) in [7, 11) is 0. The highest BCUT2D eigenvalue weighted by Crippen LogP contribution is 2.32. The molecule has 0 atom stereocenters. The van der Waals surface area contributed by atoms with Gasteiger partial charge in [-0.25, -0.2) is 0 Å². The van der Waals surface area contributed by atoms with Crippen molar-refractivity contribution in [1.82, 2.24) is 15.2 Å². The summed E-state index contributed by atoms with van der Waals surface area (Å²) in [5.74, 6) is 0.881. The Morgan fingerprint density at radius 2 is 1.59 bits per heavy atom. The number of nitrogens with one attached hydrogen (secondary N) is 1. The van der Waals surface area contributed by atoms with Crippen molar-refractivity contribution >= 4 is 5.91 Å². The number of hydrogen-bond acceptors (Lipinski definition) is 3. The number of nitrogens with zero attached hydrogens (tertiary/aromatic N) is 2. The number of carbonyl (C=O) groups excluding carboxylic acids is 1. The van der Waals surface area contributed by atoms with Crippen molar-refractivity contribution in [3.05, 3.63) is 102 Å². The lowest BCUT2D eigenvalue weighted by Crippen LogP contribution is -2.38. The Morgan fingerprint density at radius 1 is 0.912 bits per heavy atom. The van der Waals surface area contributed by atoms with Gasteiger partial charge in [0.25, 0.3) is 0 Å². The minimum absolute atomic E-state index is 0.192. The van der Waals surface area contributed by atoms with Crippen LogP contribution in [0.1, 0.15) is 61.3 Å². The molecule has 2 heterocycles. The number of rotatable bonds is 11. The molecule has 0 aliphatic carbocycles. The second-order valence-corrected chi connectivity index (χ2v) is 9.41. The number of unbranched alkanes of at least 4 members (excludes halogenated alkanes) is 1. The minimum Gasteiger partial charge on any atom is -0.356 e. The van der Waals surface area contributed by atoms with Gasteiger partial charge in [0.1, 0.15) is 0 Å². The lowest BCUT2D eigenvalue weighted by molar-refractivity contribution is -0.121. The Balaban J connectivity index is 1.17. The minimum atomic E-state index is 0.192. The third kappa shape index (κ3) is 7.26. The van der Waals surface area contributed by atoms with Crippen LogP contribution in [0.4, 0.5) is 0 Å². The molecule has 0 saturated carbocycles. The van der Waals surface area contributed by atoms with Crippen molar-refractivity contribution < 1.29 is 4.79 Å². The number of benzene rings is 2. The number of amides is 1. The summed E-state index contributed by atoms with van der Waals surface area (Å²) >= 11 is 0. The highest BCUT2D eigenvalue weighted by Gasteiger charge is 2.27. The predicted octanol–water partition coefficient (Wildman–Crippen LogP) is 5.80. The molecule has 0 spiro atoms. The first-order valence-corrected chi connectivity index (χ1v) is 12.8. The van der Waals surface area contributed by atoms with Gasteiger partial charge < -0.3 is 5.32 Å². The van der Waals surface area contributed by atoms with Crippen LogP contribution < -0.4 is 5.32 Å². The third-order valence-corrected chi connectivity index (χ3v) is 6.96. The molecule has 178 valence electrons. The summed E-state index contributed by atoms with van der Waals surface area (Å²) in [5.41, 5.74) is 3.97. The van der Waals surface area contributed by atoms with E-state index in [2.05, 4.69) is 81.9 Å². The molecule has 1 amide bonds. The summed E-state index contributed by atoms with van der Waals surface area (Å²) in [6.07, 6.45) is 10.7. The Bertz CT molecular complexity index is 930. The molecule has 3 aromatic rings. The molecule has 1 aliphatic heterocycles. The summed E-state index contributed by atoms with van der Waals surface area (Å²) < 4.78 is 0. The van der Waals surface area contributed by atoms with E-state index < -0.39 is 0 Å². The molecule has 34 heavy (non-hydrogen) atoms. The zero-order valence-electron chi connectivity index (χ0n) is 20.1. The Hall–Kier alpha value is -2.98. The van der Waals surface area contributed by atoms with Crippen molar-refractivity contribution in [2.24, 2.45) is 5.92 Å². The Labute approximate surface area is 204 Å². The highest BCUT2D eigenvalue weighted by atomic mass is 16.1. The normalized spacial score (nSPS) is 14.9. The van der Waals surface area contributed by atoms with Crippen molar-refractivity contribution in [2.75, 3.05) is 19.6 Å². The predicted molar refractivity (Wildman–Crippen MR) is 138 cm³/mol. The summed E-state index contributed by atoms with van der Waals surface area (Å²) in [6, 6.07) is 26.1. The van der Waals surface area contributed by atoms with Gasteiger partial charge >= 0.3 is 0 Å². The average molecular weight is 456 g/mol. The van der Waals surface area contributed by atoms with Gasteiger partial charge in [0, 0.05) is 25.4 Å². The van der Waals surface area contributed by atoms with Crippen LogP contribution in [0.5, 0.6) is 0 Å². The van der Waals surface area contributed by atoms with Crippen molar-refractivity contribution in [3.8, 4) is 0 Å². The van der Waals surface area contributed by atoms with Gasteiger partial charge in [0.15, 0.2) is 0 Å². The van der Waals surface area contributed by atoms with E-state index in [-0.39, 0.29) is 5.91 Å². The number of carbonyl (C=O) groups is 1. The standard InChI is InChI=1S/C30H37N3O/c34-29(16-8-7-10-26-11-9-20-31-24-26)32-21-17-25-18-22-33(23-19-25)30(27-12-3-1-4-13-27)28-14-5-2-6-15-28/h1-6,9,11-15,20,24-25,30H,7-8,10,16-19,21-23H2,(H,32,34). The van der Waals surface area contributed by atoms with Crippen molar-refractivity contribution in [1.29, 1.82) is 0 Å². The van der Waals surface area contributed by atoms with Crippen LogP contribution in [0.25, 0.3) is 0 Å². The van der Waals surface area contributed by atoms with Gasteiger partial charge in [0.05, 0.1) is 6.04 Å². The lowest BCUT2D eigenvalue weighted by Gasteiger charge is -2.38. The molecular weight excluding hydrogens is 418 g/mol. The first-order valence-electron chi connectivity index (χ1n) is 12.8. The molecule has 1 aromatic heterocycles. The molecular formula is C30H37N3O. The van der Waals surface area contributed by atoms with Gasteiger partial charge in [-0.1, -0.05) is 66.7 Å². The van der Waals surface area contributed by atoms with E-state index >= 15 is 0 Å². The van der Waals surface area contributed by atoms with Crippen molar-refractivity contribution in [2.45, 2.75) is 51.0 Å². The number of likely N-dealkylation sites (tertiary alicyclic amines) is 1. The van der Waals surface area contributed by atoms with Crippen LogP contribution in [0, 0.1) is 5.92 Å². The molecule has 2 aromatic carbocycles. The lowest BCUT2D eigenvalue weighted by atomic mass is 9.89. The SMILES string of the molecule is O=C(CCCCc1cccnc1)NCCC1CCN(C(c2ccccc2)c2ccccc2)CC1. The van der Waals surface area contributed by atoms with Crippen LogP contribution >= 0.6 is 0 Å². The maximum atomic E-state index is 12.2. The summed E-state index contributed by atoms with van der Waals surface area (Å²) in [6.45, 7) is 3.00. The van der Waals surface area contributed by atoms with Gasteiger partial charge in [-0.05, 0) is 80.3 Å². The van der Waals surface area contributed by atoms with Crippen LogP contribution in [0.15, 0.2) is 85.2 Å². The first kappa shape index (κ1) is 24.2.